The number of carbonyl (C=O) groups excluding carboxylic acids is 1. The van der Waals surface area contributed by atoms with Gasteiger partial charge in [0.05, 0.1) is 28.2 Å². The van der Waals surface area contributed by atoms with Crippen molar-refractivity contribution >= 4 is 29.9 Å². The molecule has 26 heavy (non-hydrogen) atoms. The summed E-state index contributed by atoms with van der Waals surface area (Å²) in [5.74, 6) is 0.730. The van der Waals surface area contributed by atoms with Crippen molar-refractivity contribution < 1.29 is 4.79 Å². The number of likely N-dealkylation sites (tertiary alicyclic amines) is 1. The smallest absolute Gasteiger partial charge is 0.257 e. The van der Waals surface area contributed by atoms with Crippen LogP contribution in [0, 0.1) is 12.8 Å². The van der Waals surface area contributed by atoms with Crippen molar-refractivity contribution in [1.29, 1.82) is 0 Å². The second kappa shape index (κ2) is 9.40. The Morgan fingerprint density at radius 1 is 1.31 bits per heavy atom. The number of carbonyl (C=O) groups is 1. The van der Waals surface area contributed by atoms with Gasteiger partial charge in [-0.3, -0.25) is 4.79 Å². The molecule has 1 saturated heterocycles. The maximum atomic E-state index is 12.9. The van der Waals surface area contributed by atoms with Crippen molar-refractivity contribution in [1.82, 2.24) is 20.0 Å². The lowest BCUT2D eigenvalue weighted by atomic mass is 9.96. The van der Waals surface area contributed by atoms with Gasteiger partial charge in [0.15, 0.2) is 0 Å². The second-order valence-corrected chi connectivity index (χ2v) is 6.96. The molecule has 1 fully saturated rings. The third-order valence-electron chi connectivity index (χ3n) is 4.91. The number of benzene rings is 1. The summed E-state index contributed by atoms with van der Waals surface area (Å²) in [7, 11) is 0. The Hall–Kier alpha value is -1.56. The molecule has 1 amide bonds. The van der Waals surface area contributed by atoms with Crippen LogP contribution in [0.5, 0.6) is 0 Å². The van der Waals surface area contributed by atoms with Gasteiger partial charge in [-0.25, -0.2) is 4.68 Å². The maximum absolute atomic E-state index is 12.9. The van der Waals surface area contributed by atoms with E-state index in [9.17, 15) is 4.79 Å². The average Bonchev–Trinajstić information content (AvgIpc) is 3.01. The van der Waals surface area contributed by atoms with Crippen LogP contribution in [0.15, 0.2) is 30.5 Å². The molecule has 0 unspecified atom stereocenters. The molecule has 0 spiro atoms. The normalized spacial score (nSPS) is 15.0. The summed E-state index contributed by atoms with van der Waals surface area (Å²) in [5, 5.41) is 8.42. The van der Waals surface area contributed by atoms with Gasteiger partial charge in [-0.15, -0.1) is 12.4 Å². The minimum atomic E-state index is 0. The van der Waals surface area contributed by atoms with Crippen molar-refractivity contribution in [3.8, 4) is 5.69 Å². The first kappa shape index (κ1) is 20.7. The lowest BCUT2D eigenvalue weighted by Crippen LogP contribution is -2.40. The Bertz CT molecular complexity index is 739. The summed E-state index contributed by atoms with van der Waals surface area (Å²) in [4.78, 5) is 14.8. The van der Waals surface area contributed by atoms with Crippen molar-refractivity contribution in [2.75, 3.05) is 26.2 Å². The standard InChI is InChI=1S/C19H25ClN4O.ClH/c1-3-21-12-15-8-10-23(11-9-15)19(25)16-13-22-24(14(16)2)18-7-5-4-6-17(18)20;/h4-7,13,15,21H,3,8-12H2,1-2H3;1H. The first-order valence-electron chi connectivity index (χ1n) is 8.91. The summed E-state index contributed by atoms with van der Waals surface area (Å²) >= 11 is 6.26. The van der Waals surface area contributed by atoms with Gasteiger partial charge in [0.1, 0.15) is 0 Å². The largest absolute Gasteiger partial charge is 0.339 e. The summed E-state index contributed by atoms with van der Waals surface area (Å²) in [6.07, 6.45) is 3.76. The summed E-state index contributed by atoms with van der Waals surface area (Å²) in [5.41, 5.74) is 2.28. The zero-order valence-electron chi connectivity index (χ0n) is 15.2. The molecule has 2 heterocycles. The molecule has 1 aromatic carbocycles. The molecule has 0 radical (unpaired) electrons. The predicted octanol–water partition coefficient (Wildman–Crippen LogP) is 3.72. The number of amides is 1. The lowest BCUT2D eigenvalue weighted by molar-refractivity contribution is 0.0689. The van der Waals surface area contributed by atoms with E-state index in [-0.39, 0.29) is 18.3 Å². The zero-order chi connectivity index (χ0) is 17.8. The molecule has 142 valence electrons. The molecule has 1 aromatic heterocycles. The van der Waals surface area contributed by atoms with E-state index in [0.717, 1.165) is 50.4 Å². The molecule has 0 saturated carbocycles. The van der Waals surface area contributed by atoms with Gasteiger partial charge >= 0.3 is 0 Å². The fourth-order valence-corrected chi connectivity index (χ4v) is 3.56. The van der Waals surface area contributed by atoms with E-state index in [1.54, 1.807) is 10.9 Å². The molecular weight excluding hydrogens is 371 g/mol. The first-order valence-corrected chi connectivity index (χ1v) is 9.29. The molecular formula is C19H26Cl2N4O. The van der Waals surface area contributed by atoms with Crippen molar-refractivity contribution in [3.05, 3.63) is 46.7 Å². The van der Waals surface area contributed by atoms with Gasteiger partial charge in [-0.1, -0.05) is 30.7 Å². The number of nitrogens with one attached hydrogen (secondary N) is 1. The molecule has 3 rings (SSSR count). The number of halogens is 2. The number of nitrogens with zero attached hydrogens (tertiary/aromatic N) is 3. The van der Waals surface area contributed by atoms with E-state index in [1.165, 1.54) is 0 Å². The quantitative estimate of drug-likeness (QED) is 0.837. The van der Waals surface area contributed by atoms with Gasteiger partial charge in [-0.2, -0.15) is 5.10 Å². The average molecular weight is 397 g/mol. The van der Waals surface area contributed by atoms with Gasteiger partial charge < -0.3 is 10.2 Å². The highest BCUT2D eigenvalue weighted by molar-refractivity contribution is 6.32. The summed E-state index contributed by atoms with van der Waals surface area (Å²) < 4.78 is 1.74. The van der Waals surface area contributed by atoms with E-state index in [1.807, 2.05) is 36.1 Å². The zero-order valence-corrected chi connectivity index (χ0v) is 16.8. The van der Waals surface area contributed by atoms with Crippen LogP contribution in [0.4, 0.5) is 0 Å². The minimum absolute atomic E-state index is 0. The topological polar surface area (TPSA) is 50.2 Å². The van der Waals surface area contributed by atoms with Crippen LogP contribution in [-0.4, -0.2) is 46.8 Å². The van der Waals surface area contributed by atoms with Crippen LogP contribution < -0.4 is 5.32 Å². The molecule has 0 bridgehead atoms. The number of rotatable bonds is 5. The van der Waals surface area contributed by atoms with Crippen LogP contribution in [0.1, 0.15) is 35.8 Å². The molecule has 0 aliphatic carbocycles. The van der Waals surface area contributed by atoms with Crippen molar-refractivity contribution in [2.24, 2.45) is 5.92 Å². The van der Waals surface area contributed by atoms with Gasteiger partial charge in [0.25, 0.3) is 5.91 Å². The van der Waals surface area contributed by atoms with Crippen LogP contribution in [0.25, 0.3) is 5.69 Å². The third kappa shape index (κ3) is 4.40. The van der Waals surface area contributed by atoms with Gasteiger partial charge in [0, 0.05) is 13.1 Å². The Labute approximate surface area is 166 Å². The summed E-state index contributed by atoms with van der Waals surface area (Å²) in [6.45, 7) is 7.71. The van der Waals surface area contributed by atoms with Crippen LogP contribution in [0.3, 0.4) is 0 Å². The second-order valence-electron chi connectivity index (χ2n) is 6.55. The monoisotopic (exact) mass is 396 g/mol. The molecule has 5 nitrogen and oxygen atoms in total. The minimum Gasteiger partial charge on any atom is -0.339 e. The highest BCUT2D eigenvalue weighted by Gasteiger charge is 2.26. The molecule has 0 atom stereocenters. The van der Waals surface area contributed by atoms with E-state index in [0.29, 0.717) is 16.5 Å². The Balaban J connectivity index is 0.00000243. The van der Waals surface area contributed by atoms with Crippen LogP contribution in [0.2, 0.25) is 5.02 Å². The van der Waals surface area contributed by atoms with Crippen molar-refractivity contribution in [2.45, 2.75) is 26.7 Å². The van der Waals surface area contributed by atoms with Crippen LogP contribution >= 0.6 is 24.0 Å². The number of hydrogen-bond donors (Lipinski definition) is 1. The Morgan fingerprint density at radius 3 is 2.65 bits per heavy atom. The Morgan fingerprint density at radius 2 is 2.00 bits per heavy atom. The van der Waals surface area contributed by atoms with E-state index in [2.05, 4.69) is 17.3 Å². The Kier molecular flexibility index (Phi) is 7.50. The first-order chi connectivity index (χ1) is 12.1. The number of piperidine rings is 1. The fraction of sp³-hybridized carbons (Fsp3) is 0.474. The maximum Gasteiger partial charge on any atom is 0.257 e. The number of hydrogen-bond acceptors (Lipinski definition) is 3. The third-order valence-corrected chi connectivity index (χ3v) is 5.23. The van der Waals surface area contributed by atoms with Gasteiger partial charge in [-0.05, 0) is 50.9 Å². The fourth-order valence-electron chi connectivity index (χ4n) is 3.34. The predicted molar refractivity (Wildman–Crippen MR) is 108 cm³/mol. The van der Waals surface area contributed by atoms with E-state index in [4.69, 9.17) is 11.6 Å². The lowest BCUT2D eigenvalue weighted by Gasteiger charge is -2.32. The highest BCUT2D eigenvalue weighted by Crippen LogP contribution is 2.24. The summed E-state index contributed by atoms with van der Waals surface area (Å²) in [6, 6.07) is 7.53. The SMILES string of the molecule is CCNCC1CCN(C(=O)c2cnn(-c3ccccc3Cl)c2C)CC1.Cl. The van der Waals surface area contributed by atoms with E-state index >= 15 is 0 Å². The number of aromatic nitrogens is 2. The number of para-hydroxylation sites is 1. The molecule has 1 aliphatic rings. The molecule has 1 N–H and O–H groups in total. The molecule has 7 heteroatoms. The molecule has 2 aromatic rings. The van der Waals surface area contributed by atoms with Crippen LogP contribution in [-0.2, 0) is 0 Å². The highest BCUT2D eigenvalue weighted by atomic mass is 35.5. The molecule has 1 aliphatic heterocycles. The van der Waals surface area contributed by atoms with Crippen molar-refractivity contribution in [3.63, 3.8) is 0 Å². The van der Waals surface area contributed by atoms with Gasteiger partial charge in [0.2, 0.25) is 0 Å². The van der Waals surface area contributed by atoms with E-state index < -0.39 is 0 Å².